The monoisotopic (exact) mass is 440 g/mol. The lowest BCUT2D eigenvalue weighted by Crippen LogP contribution is -2.44. The van der Waals surface area contributed by atoms with Crippen LogP contribution < -0.4 is 16.0 Å². The minimum Gasteiger partial charge on any atom is -0.396 e. The molecule has 3 rings (SSSR count). The molecule has 0 bridgehead atoms. The first-order valence-electron chi connectivity index (χ1n) is 10.6. The molecule has 1 aliphatic heterocycles. The average molecular weight is 441 g/mol. The van der Waals surface area contributed by atoms with E-state index in [1.165, 1.54) is 11.8 Å². The van der Waals surface area contributed by atoms with Gasteiger partial charge in [-0.25, -0.2) is 9.97 Å². The van der Waals surface area contributed by atoms with Crippen molar-refractivity contribution in [1.29, 1.82) is 0 Å². The molecule has 0 atom stereocenters. The van der Waals surface area contributed by atoms with Gasteiger partial charge in [0.1, 0.15) is 11.6 Å². The lowest BCUT2D eigenvalue weighted by molar-refractivity contribution is -0.144. The molecule has 1 fully saturated rings. The number of aliphatic hydroxyl groups is 1. The molecule has 0 saturated carbocycles. The second-order valence-corrected chi connectivity index (χ2v) is 7.61. The largest absolute Gasteiger partial charge is 0.396 e. The summed E-state index contributed by atoms with van der Waals surface area (Å²) in [7, 11) is 0. The number of nitrogens with zero attached hydrogens (tertiary/aromatic N) is 3. The van der Waals surface area contributed by atoms with Gasteiger partial charge in [-0.3, -0.25) is 14.4 Å². The van der Waals surface area contributed by atoms with Gasteiger partial charge in [-0.2, -0.15) is 0 Å². The van der Waals surface area contributed by atoms with Crippen LogP contribution in [-0.2, 0) is 14.4 Å². The molecule has 1 aromatic heterocycles. The van der Waals surface area contributed by atoms with Crippen LogP contribution in [0.2, 0.25) is 0 Å². The molecule has 4 N–H and O–H groups in total. The predicted octanol–water partition coefficient (Wildman–Crippen LogP) is 0.861. The number of carbonyl (C=O) groups is 3. The highest BCUT2D eigenvalue weighted by Crippen LogP contribution is 2.21. The molecule has 1 saturated heterocycles. The Labute approximate surface area is 186 Å². The highest BCUT2D eigenvalue weighted by molar-refractivity contribution is 6.39. The highest BCUT2D eigenvalue weighted by Gasteiger charge is 2.27. The third-order valence-electron chi connectivity index (χ3n) is 5.16. The number of nitrogens with one attached hydrogen (secondary N) is 3. The van der Waals surface area contributed by atoms with Crippen LogP contribution in [-0.4, -0.2) is 70.5 Å². The summed E-state index contributed by atoms with van der Waals surface area (Å²) in [5.41, 5.74) is 0.755. The smallest absolute Gasteiger partial charge is 0.315 e. The number of rotatable bonds is 7. The van der Waals surface area contributed by atoms with Crippen molar-refractivity contribution in [2.45, 2.75) is 19.8 Å². The van der Waals surface area contributed by atoms with Gasteiger partial charge in [0.25, 0.3) is 0 Å². The zero-order valence-electron chi connectivity index (χ0n) is 18.0. The van der Waals surface area contributed by atoms with Crippen molar-refractivity contribution in [2.24, 2.45) is 5.92 Å². The van der Waals surface area contributed by atoms with Crippen LogP contribution in [0.4, 0.5) is 11.6 Å². The molecule has 0 radical (unpaired) electrons. The van der Waals surface area contributed by atoms with Crippen molar-refractivity contribution in [2.75, 3.05) is 43.4 Å². The van der Waals surface area contributed by atoms with Gasteiger partial charge in [0.15, 0.2) is 5.82 Å². The molecular weight excluding hydrogens is 412 g/mol. The third-order valence-corrected chi connectivity index (χ3v) is 5.16. The number of piperidine rings is 1. The molecule has 170 valence electrons. The Morgan fingerprint density at radius 1 is 1.06 bits per heavy atom. The SMILES string of the molecule is CC(=O)NCCNc1cc(NC(=O)C(=O)N2CCC(CO)CC2)nc(-c2ccccc2)n1. The molecule has 2 aromatic rings. The van der Waals surface area contributed by atoms with Gasteiger partial charge < -0.3 is 26.0 Å². The van der Waals surface area contributed by atoms with E-state index in [2.05, 4.69) is 25.9 Å². The Morgan fingerprint density at radius 3 is 2.41 bits per heavy atom. The van der Waals surface area contributed by atoms with Crippen molar-refractivity contribution in [3.8, 4) is 11.4 Å². The Hall–Kier alpha value is -3.53. The average Bonchev–Trinajstić information content (AvgIpc) is 2.81. The van der Waals surface area contributed by atoms with Crippen LogP contribution in [0.15, 0.2) is 36.4 Å². The molecule has 2 heterocycles. The van der Waals surface area contributed by atoms with E-state index in [1.807, 2.05) is 30.3 Å². The van der Waals surface area contributed by atoms with E-state index in [0.717, 1.165) is 5.56 Å². The summed E-state index contributed by atoms with van der Waals surface area (Å²) < 4.78 is 0. The van der Waals surface area contributed by atoms with Crippen molar-refractivity contribution in [3.05, 3.63) is 36.4 Å². The Bertz CT molecular complexity index is 945. The van der Waals surface area contributed by atoms with E-state index in [0.29, 0.717) is 50.7 Å². The van der Waals surface area contributed by atoms with Crippen LogP contribution in [0.1, 0.15) is 19.8 Å². The topological polar surface area (TPSA) is 137 Å². The fourth-order valence-corrected chi connectivity index (χ4v) is 3.38. The first-order chi connectivity index (χ1) is 15.5. The lowest BCUT2D eigenvalue weighted by atomic mass is 9.98. The van der Waals surface area contributed by atoms with E-state index < -0.39 is 11.8 Å². The molecule has 0 unspecified atom stereocenters. The molecule has 10 nitrogen and oxygen atoms in total. The summed E-state index contributed by atoms with van der Waals surface area (Å²) in [6, 6.07) is 10.8. The third kappa shape index (κ3) is 6.48. The number of anilines is 2. The molecule has 10 heteroatoms. The summed E-state index contributed by atoms with van der Waals surface area (Å²) in [6.07, 6.45) is 1.34. The summed E-state index contributed by atoms with van der Waals surface area (Å²) in [6.45, 7) is 3.24. The molecule has 0 spiro atoms. The van der Waals surface area contributed by atoms with Gasteiger partial charge >= 0.3 is 11.8 Å². The van der Waals surface area contributed by atoms with Crippen molar-refractivity contribution in [1.82, 2.24) is 20.2 Å². The molecule has 1 aliphatic rings. The van der Waals surface area contributed by atoms with E-state index in [1.54, 1.807) is 6.07 Å². The fourth-order valence-electron chi connectivity index (χ4n) is 3.38. The number of hydrogen-bond acceptors (Lipinski definition) is 7. The summed E-state index contributed by atoms with van der Waals surface area (Å²) >= 11 is 0. The zero-order valence-corrected chi connectivity index (χ0v) is 18.0. The van der Waals surface area contributed by atoms with Crippen LogP contribution in [0.25, 0.3) is 11.4 Å². The second-order valence-electron chi connectivity index (χ2n) is 7.61. The molecule has 3 amide bonds. The van der Waals surface area contributed by atoms with Gasteiger partial charge in [0.2, 0.25) is 5.91 Å². The van der Waals surface area contributed by atoms with Gasteiger partial charge in [0.05, 0.1) is 0 Å². The fraction of sp³-hybridized carbons (Fsp3) is 0.409. The van der Waals surface area contributed by atoms with E-state index in [9.17, 15) is 19.5 Å². The van der Waals surface area contributed by atoms with Gasteiger partial charge in [0, 0.05) is 51.3 Å². The number of benzene rings is 1. The quantitative estimate of drug-likeness (QED) is 0.370. The normalized spacial score (nSPS) is 14.0. The van der Waals surface area contributed by atoms with Crippen molar-refractivity contribution in [3.63, 3.8) is 0 Å². The molecular formula is C22H28N6O4. The summed E-state index contributed by atoms with van der Waals surface area (Å²) in [5.74, 6) is -0.310. The minimum absolute atomic E-state index is 0.0924. The van der Waals surface area contributed by atoms with E-state index in [4.69, 9.17) is 0 Å². The van der Waals surface area contributed by atoms with Crippen LogP contribution in [0, 0.1) is 5.92 Å². The number of hydrogen-bond donors (Lipinski definition) is 4. The molecule has 1 aromatic carbocycles. The van der Waals surface area contributed by atoms with Crippen LogP contribution in [0.5, 0.6) is 0 Å². The second kappa shape index (κ2) is 11.2. The molecule has 32 heavy (non-hydrogen) atoms. The van der Waals surface area contributed by atoms with Gasteiger partial charge in [-0.1, -0.05) is 30.3 Å². The van der Waals surface area contributed by atoms with Crippen molar-refractivity contribution < 1.29 is 19.5 Å². The maximum absolute atomic E-state index is 12.6. The van der Waals surface area contributed by atoms with Crippen LogP contribution >= 0.6 is 0 Å². The standard InChI is InChI=1S/C22H28N6O4/c1-15(30)23-9-10-24-18-13-19(26-20(25-18)17-5-3-2-4-6-17)27-21(31)22(32)28-11-7-16(14-29)8-12-28/h2-6,13,16,29H,7-12,14H2,1H3,(H,23,30)(H2,24,25,26,27,31). The number of amides is 3. The number of likely N-dealkylation sites (tertiary alicyclic amines) is 1. The van der Waals surface area contributed by atoms with Gasteiger partial charge in [-0.15, -0.1) is 0 Å². The predicted molar refractivity (Wildman–Crippen MR) is 120 cm³/mol. The van der Waals surface area contributed by atoms with Crippen molar-refractivity contribution >= 4 is 29.4 Å². The number of carbonyl (C=O) groups excluding carboxylic acids is 3. The minimum atomic E-state index is -0.769. The highest BCUT2D eigenvalue weighted by atomic mass is 16.3. The number of aliphatic hydroxyl groups excluding tert-OH is 1. The van der Waals surface area contributed by atoms with Gasteiger partial charge in [-0.05, 0) is 18.8 Å². The Morgan fingerprint density at radius 2 is 1.75 bits per heavy atom. The first-order valence-corrected chi connectivity index (χ1v) is 10.6. The summed E-state index contributed by atoms with van der Waals surface area (Å²) in [4.78, 5) is 46.5. The first kappa shape index (κ1) is 23.1. The van der Waals surface area contributed by atoms with E-state index in [-0.39, 0.29) is 24.2 Å². The molecule has 0 aliphatic carbocycles. The maximum Gasteiger partial charge on any atom is 0.315 e. The summed E-state index contributed by atoms with van der Waals surface area (Å²) in [5, 5.41) is 17.6. The Balaban J connectivity index is 1.72. The Kier molecular flexibility index (Phi) is 8.09. The number of aromatic nitrogens is 2. The van der Waals surface area contributed by atoms with E-state index >= 15 is 0 Å². The van der Waals surface area contributed by atoms with Crippen LogP contribution in [0.3, 0.4) is 0 Å². The lowest BCUT2D eigenvalue weighted by Gasteiger charge is -2.30. The maximum atomic E-state index is 12.6. The zero-order chi connectivity index (χ0) is 22.9.